The highest BCUT2D eigenvalue weighted by Crippen LogP contribution is 2.33. The molecule has 5 nitrogen and oxygen atoms in total. The molecule has 2 aromatic rings. The van der Waals surface area contributed by atoms with Gasteiger partial charge >= 0.3 is 0 Å². The maximum absolute atomic E-state index is 5.77. The molecule has 0 bridgehead atoms. The maximum Gasteiger partial charge on any atom is 0.130 e. The highest BCUT2D eigenvalue weighted by atomic mass is 32.3. The minimum absolute atomic E-state index is 0.508. The topological polar surface area (TPSA) is 50.6 Å². The third-order valence-electron chi connectivity index (χ3n) is 3.89. The largest absolute Gasteiger partial charge is 0.360 e. The number of aryl methyl sites for hydroxylation is 1. The molecule has 0 saturated carbocycles. The zero-order valence-electron chi connectivity index (χ0n) is 16.7. The summed E-state index contributed by atoms with van der Waals surface area (Å²) in [5.41, 5.74) is 3.71. The molecule has 0 spiro atoms. The van der Waals surface area contributed by atoms with E-state index in [4.69, 9.17) is 4.74 Å². The zero-order valence-corrected chi connectivity index (χ0v) is 17.5. The number of hydrogen-bond donors (Lipinski definition) is 0. The van der Waals surface area contributed by atoms with Crippen LogP contribution in [0.4, 0.5) is 11.5 Å². The SMILES string of the molecule is CC=Nc1ccc(-c2ccc(N(C)COCCS(C)(C)C)nc2)nc1C. The number of aliphatic imine (C=N–C) groups is 1. The fourth-order valence-corrected chi connectivity index (χ4v) is 2.95. The van der Waals surface area contributed by atoms with Gasteiger partial charge in [-0.2, -0.15) is 0 Å². The first-order chi connectivity index (χ1) is 12.3. The fourth-order valence-electron chi connectivity index (χ4n) is 2.33. The quantitative estimate of drug-likeness (QED) is 0.393. The number of anilines is 1. The summed E-state index contributed by atoms with van der Waals surface area (Å²) in [6, 6.07) is 8.02. The number of hydrogen-bond acceptors (Lipinski definition) is 5. The Bertz CT molecular complexity index is 738. The van der Waals surface area contributed by atoms with Gasteiger partial charge in [-0.1, -0.05) is 0 Å². The van der Waals surface area contributed by atoms with Crippen LogP contribution < -0.4 is 4.90 Å². The summed E-state index contributed by atoms with van der Waals surface area (Å²) < 4.78 is 5.77. The van der Waals surface area contributed by atoms with Crippen LogP contribution in [0.5, 0.6) is 0 Å². The number of nitrogens with zero attached hydrogens (tertiary/aromatic N) is 4. The summed E-state index contributed by atoms with van der Waals surface area (Å²) in [7, 11) is 1.48. The van der Waals surface area contributed by atoms with Crippen molar-refractivity contribution in [1.29, 1.82) is 0 Å². The summed E-state index contributed by atoms with van der Waals surface area (Å²) in [5.74, 6) is 2.01. The standard InChI is InChI=1S/C20H30N4OS/c1-7-21-18-9-10-19(23-16(18)2)17-8-11-20(22-14-17)24(3)15-25-12-13-26(4,5)6/h7-11,14H,12-13,15H2,1-6H3. The van der Waals surface area contributed by atoms with Gasteiger partial charge in [-0.25, -0.2) is 15.0 Å². The van der Waals surface area contributed by atoms with Crippen LogP contribution >= 0.6 is 10.0 Å². The van der Waals surface area contributed by atoms with Crippen molar-refractivity contribution < 1.29 is 4.74 Å². The second-order valence-corrected chi connectivity index (χ2v) is 11.7. The molecule has 2 heterocycles. The molecule has 0 atom stereocenters. The molecular formula is C20H30N4OS. The van der Waals surface area contributed by atoms with E-state index >= 15 is 0 Å². The van der Waals surface area contributed by atoms with E-state index in [9.17, 15) is 0 Å². The smallest absolute Gasteiger partial charge is 0.130 e. The molecule has 0 aliphatic heterocycles. The van der Waals surface area contributed by atoms with Gasteiger partial charge in [0.2, 0.25) is 0 Å². The fraction of sp³-hybridized carbons (Fsp3) is 0.450. The van der Waals surface area contributed by atoms with Crippen LogP contribution in [-0.2, 0) is 4.74 Å². The Morgan fingerprint density at radius 3 is 2.54 bits per heavy atom. The minimum Gasteiger partial charge on any atom is -0.360 e. The summed E-state index contributed by atoms with van der Waals surface area (Å²) >= 11 is 0. The van der Waals surface area contributed by atoms with E-state index in [2.05, 4.69) is 33.7 Å². The molecule has 26 heavy (non-hydrogen) atoms. The normalized spacial score (nSPS) is 12.5. The van der Waals surface area contributed by atoms with E-state index in [1.807, 2.05) is 56.3 Å². The van der Waals surface area contributed by atoms with Crippen molar-refractivity contribution in [2.45, 2.75) is 13.8 Å². The molecule has 6 heteroatoms. The Balaban J connectivity index is 1.98. The molecule has 2 aromatic heterocycles. The molecule has 0 radical (unpaired) electrons. The molecule has 0 amide bonds. The van der Waals surface area contributed by atoms with Crippen LogP contribution in [0, 0.1) is 6.92 Å². The van der Waals surface area contributed by atoms with Gasteiger partial charge in [-0.3, -0.25) is 9.98 Å². The second kappa shape index (κ2) is 9.14. The monoisotopic (exact) mass is 374 g/mol. The molecule has 142 valence electrons. The Labute approximate surface area is 158 Å². The van der Waals surface area contributed by atoms with Gasteiger partial charge in [0.1, 0.15) is 12.5 Å². The molecule has 2 rings (SSSR count). The van der Waals surface area contributed by atoms with Gasteiger partial charge in [-0.15, -0.1) is 0 Å². The second-order valence-electron chi connectivity index (χ2n) is 7.12. The van der Waals surface area contributed by atoms with Crippen molar-refractivity contribution in [3.8, 4) is 11.3 Å². The summed E-state index contributed by atoms with van der Waals surface area (Å²) in [5, 5.41) is 0. The lowest BCUT2D eigenvalue weighted by molar-refractivity contribution is 0.152. The molecule has 0 unspecified atom stereocenters. The lowest BCUT2D eigenvalue weighted by Gasteiger charge is -2.25. The minimum atomic E-state index is -0.508. The molecule has 0 fully saturated rings. The zero-order chi connectivity index (χ0) is 19.2. The average molecular weight is 375 g/mol. The van der Waals surface area contributed by atoms with Crippen LogP contribution in [-0.4, -0.2) is 61.1 Å². The van der Waals surface area contributed by atoms with E-state index in [-0.39, 0.29) is 0 Å². The third-order valence-corrected chi connectivity index (χ3v) is 5.28. The number of ether oxygens (including phenoxy) is 1. The molecule has 0 aliphatic carbocycles. The Morgan fingerprint density at radius 2 is 1.96 bits per heavy atom. The Hall–Kier alpha value is -1.92. The van der Waals surface area contributed by atoms with E-state index in [1.54, 1.807) is 6.21 Å². The van der Waals surface area contributed by atoms with Gasteiger partial charge in [0.05, 0.1) is 23.7 Å². The van der Waals surface area contributed by atoms with Crippen molar-refractivity contribution in [3.05, 3.63) is 36.2 Å². The van der Waals surface area contributed by atoms with Crippen molar-refractivity contribution >= 4 is 27.7 Å². The summed E-state index contributed by atoms with van der Waals surface area (Å²) in [6.07, 6.45) is 10.5. The lowest BCUT2D eigenvalue weighted by atomic mass is 10.1. The predicted octanol–water partition coefficient (Wildman–Crippen LogP) is 4.28. The van der Waals surface area contributed by atoms with Crippen LogP contribution in [0.1, 0.15) is 12.6 Å². The summed E-state index contributed by atoms with van der Waals surface area (Å²) in [4.78, 5) is 15.5. The van der Waals surface area contributed by atoms with Crippen molar-refractivity contribution in [2.24, 2.45) is 4.99 Å². The number of pyridine rings is 2. The van der Waals surface area contributed by atoms with Crippen molar-refractivity contribution in [3.63, 3.8) is 0 Å². The van der Waals surface area contributed by atoms with Crippen LogP contribution in [0.25, 0.3) is 11.3 Å². The highest BCUT2D eigenvalue weighted by molar-refractivity contribution is 8.32. The Kier molecular flexibility index (Phi) is 7.17. The highest BCUT2D eigenvalue weighted by Gasteiger charge is 2.08. The maximum atomic E-state index is 5.77. The van der Waals surface area contributed by atoms with E-state index in [1.165, 1.54) is 0 Å². The molecule has 0 N–H and O–H groups in total. The van der Waals surface area contributed by atoms with E-state index in [0.717, 1.165) is 40.8 Å². The van der Waals surface area contributed by atoms with E-state index < -0.39 is 10.0 Å². The van der Waals surface area contributed by atoms with Gasteiger partial charge in [0.15, 0.2) is 0 Å². The van der Waals surface area contributed by atoms with Gasteiger partial charge in [-0.05, 0) is 56.9 Å². The first-order valence-electron chi connectivity index (χ1n) is 8.68. The average Bonchev–Trinajstić information content (AvgIpc) is 2.60. The van der Waals surface area contributed by atoms with Gasteiger partial charge in [0, 0.05) is 30.8 Å². The number of rotatable bonds is 8. The van der Waals surface area contributed by atoms with E-state index in [0.29, 0.717) is 6.73 Å². The van der Waals surface area contributed by atoms with Gasteiger partial charge in [0.25, 0.3) is 0 Å². The Morgan fingerprint density at radius 1 is 1.19 bits per heavy atom. The number of aromatic nitrogens is 2. The van der Waals surface area contributed by atoms with Crippen LogP contribution in [0.2, 0.25) is 0 Å². The van der Waals surface area contributed by atoms with Crippen molar-refractivity contribution in [2.75, 3.05) is 49.8 Å². The molecular weight excluding hydrogens is 344 g/mol. The molecule has 0 saturated heterocycles. The first kappa shape index (κ1) is 20.4. The summed E-state index contributed by atoms with van der Waals surface area (Å²) in [6.45, 7) is 5.21. The van der Waals surface area contributed by atoms with Gasteiger partial charge < -0.3 is 9.64 Å². The van der Waals surface area contributed by atoms with Crippen molar-refractivity contribution in [1.82, 2.24) is 9.97 Å². The molecule has 0 aromatic carbocycles. The predicted molar refractivity (Wildman–Crippen MR) is 115 cm³/mol. The van der Waals surface area contributed by atoms with Crippen LogP contribution in [0.3, 0.4) is 0 Å². The lowest BCUT2D eigenvalue weighted by Crippen LogP contribution is -2.23. The first-order valence-corrected chi connectivity index (χ1v) is 11.7. The third kappa shape index (κ3) is 6.11. The van der Waals surface area contributed by atoms with Crippen LogP contribution in [0.15, 0.2) is 35.5 Å². The molecule has 0 aliphatic rings.